The highest BCUT2D eigenvalue weighted by atomic mass is 16.5. The van der Waals surface area contributed by atoms with E-state index in [-0.39, 0.29) is 0 Å². The van der Waals surface area contributed by atoms with E-state index < -0.39 is 0 Å². The van der Waals surface area contributed by atoms with Crippen molar-refractivity contribution in [3.05, 3.63) is 0 Å². The molecule has 0 fully saturated rings. The third-order valence-electron chi connectivity index (χ3n) is 7.21. The summed E-state index contributed by atoms with van der Waals surface area (Å²) in [6.07, 6.45) is 37.2. The van der Waals surface area contributed by atoms with Crippen LogP contribution in [0.5, 0.6) is 0 Å². The third kappa shape index (κ3) is 32.0. The van der Waals surface area contributed by atoms with Crippen LogP contribution in [0.1, 0.15) is 188 Å². The fraction of sp³-hybridized carbons (Fsp3) is 1.00. The second kappa shape index (κ2) is 30.0. The molecule has 0 N–H and O–H groups in total. The van der Waals surface area contributed by atoms with Gasteiger partial charge in [0.25, 0.3) is 0 Å². The topological polar surface area (TPSA) is 9.23 Å². The third-order valence-corrected chi connectivity index (χ3v) is 7.21. The molecule has 0 rings (SSSR count). The number of unbranched alkanes of at least 4 members (excludes halogenated alkanes) is 23. The van der Waals surface area contributed by atoms with Crippen LogP contribution in [0.3, 0.4) is 0 Å². The van der Waals surface area contributed by atoms with Gasteiger partial charge in [-0.15, -0.1) is 0 Å². The Hall–Kier alpha value is -0.0400. The lowest BCUT2D eigenvalue weighted by Crippen LogP contribution is -1.97. The van der Waals surface area contributed by atoms with Gasteiger partial charge in [-0.05, 0) is 18.8 Å². The molecule has 0 aromatic heterocycles. The van der Waals surface area contributed by atoms with E-state index in [4.69, 9.17) is 4.74 Å². The fourth-order valence-electron chi connectivity index (χ4n) is 4.85. The second-order valence-electron chi connectivity index (χ2n) is 11.3. The lowest BCUT2D eigenvalue weighted by molar-refractivity contribution is 0.125. The van der Waals surface area contributed by atoms with Crippen molar-refractivity contribution in [3.8, 4) is 0 Å². The summed E-state index contributed by atoms with van der Waals surface area (Å²) in [4.78, 5) is 0. The molecular weight excluding hydrogens is 400 g/mol. The van der Waals surface area contributed by atoms with Crippen molar-refractivity contribution >= 4 is 0 Å². The maximum absolute atomic E-state index is 5.82. The first kappa shape index (κ1) is 33.0. The zero-order valence-electron chi connectivity index (χ0n) is 23.8. The first-order valence-corrected chi connectivity index (χ1v) is 15.8. The van der Waals surface area contributed by atoms with Crippen LogP contribution in [0.15, 0.2) is 0 Å². The Morgan fingerprint density at radius 1 is 0.364 bits per heavy atom. The van der Waals surface area contributed by atoms with E-state index in [1.54, 1.807) is 0 Å². The molecule has 33 heavy (non-hydrogen) atoms. The molecule has 0 aliphatic heterocycles. The predicted octanol–water partition coefficient (Wildman–Crippen LogP) is 11.8. The second-order valence-corrected chi connectivity index (χ2v) is 11.3. The van der Waals surface area contributed by atoms with Crippen LogP contribution in [0, 0.1) is 5.92 Å². The molecule has 0 aliphatic carbocycles. The van der Waals surface area contributed by atoms with Gasteiger partial charge in [-0.1, -0.05) is 175 Å². The summed E-state index contributed by atoms with van der Waals surface area (Å²) in [6.45, 7) is 8.94. The molecule has 0 aromatic rings. The van der Waals surface area contributed by atoms with Gasteiger partial charge in [0.2, 0.25) is 0 Å². The smallest absolute Gasteiger partial charge is 0.0466 e. The van der Waals surface area contributed by atoms with Crippen molar-refractivity contribution in [3.63, 3.8) is 0 Å². The standard InChI is InChI=1S/C32H66O/c1-4-5-6-7-8-9-10-11-12-13-14-15-16-17-18-19-20-21-24-27-30-33-31-28-25-22-23-26-29-32(2)3/h32H,4-31H2,1-3H3. The minimum Gasteiger partial charge on any atom is -0.381 e. The van der Waals surface area contributed by atoms with E-state index in [0.717, 1.165) is 19.1 Å². The lowest BCUT2D eigenvalue weighted by atomic mass is 10.0. The summed E-state index contributed by atoms with van der Waals surface area (Å²) < 4.78 is 5.82. The van der Waals surface area contributed by atoms with Gasteiger partial charge in [-0.2, -0.15) is 0 Å². The summed E-state index contributed by atoms with van der Waals surface area (Å²) in [6, 6.07) is 0. The highest BCUT2D eigenvalue weighted by molar-refractivity contribution is 4.51. The van der Waals surface area contributed by atoms with E-state index >= 15 is 0 Å². The Balaban J connectivity index is 3.00. The molecule has 0 atom stereocenters. The molecular formula is C32H66O. The summed E-state index contributed by atoms with van der Waals surface area (Å²) in [7, 11) is 0. The van der Waals surface area contributed by atoms with Crippen molar-refractivity contribution < 1.29 is 4.74 Å². The van der Waals surface area contributed by atoms with Gasteiger partial charge in [-0.25, -0.2) is 0 Å². The highest BCUT2D eigenvalue weighted by Gasteiger charge is 1.97. The lowest BCUT2D eigenvalue weighted by Gasteiger charge is -2.06. The molecule has 1 heteroatoms. The molecule has 0 aliphatic rings. The van der Waals surface area contributed by atoms with Crippen molar-refractivity contribution in [1.82, 2.24) is 0 Å². The van der Waals surface area contributed by atoms with Crippen LogP contribution in [-0.2, 0) is 4.74 Å². The number of ether oxygens (including phenoxy) is 1. The number of rotatable bonds is 29. The molecule has 0 heterocycles. The average Bonchev–Trinajstić information content (AvgIpc) is 2.80. The molecule has 0 aromatic carbocycles. The molecule has 0 unspecified atom stereocenters. The van der Waals surface area contributed by atoms with Gasteiger partial charge < -0.3 is 4.74 Å². The van der Waals surface area contributed by atoms with Crippen LogP contribution >= 0.6 is 0 Å². The van der Waals surface area contributed by atoms with E-state index in [2.05, 4.69) is 20.8 Å². The largest absolute Gasteiger partial charge is 0.381 e. The van der Waals surface area contributed by atoms with Gasteiger partial charge >= 0.3 is 0 Å². The first-order valence-electron chi connectivity index (χ1n) is 15.8. The van der Waals surface area contributed by atoms with Crippen molar-refractivity contribution in [2.24, 2.45) is 5.92 Å². The molecule has 1 nitrogen and oxygen atoms in total. The molecule has 0 amide bonds. The van der Waals surface area contributed by atoms with Crippen LogP contribution in [0.4, 0.5) is 0 Å². The van der Waals surface area contributed by atoms with Gasteiger partial charge in [-0.3, -0.25) is 0 Å². The molecule has 0 bridgehead atoms. The first-order chi connectivity index (χ1) is 16.3. The van der Waals surface area contributed by atoms with Crippen LogP contribution in [0.25, 0.3) is 0 Å². The Kier molecular flexibility index (Phi) is 30.0. The summed E-state index contributed by atoms with van der Waals surface area (Å²) in [5.41, 5.74) is 0. The van der Waals surface area contributed by atoms with E-state index in [9.17, 15) is 0 Å². The minimum atomic E-state index is 0.873. The van der Waals surface area contributed by atoms with Crippen molar-refractivity contribution in [1.29, 1.82) is 0 Å². The SMILES string of the molecule is CCCCCCCCCCCCCCCCCCCCCCOCCCCCCCC(C)C. The quantitative estimate of drug-likeness (QED) is 0.0995. The number of hydrogen-bond donors (Lipinski definition) is 0. The van der Waals surface area contributed by atoms with Crippen molar-refractivity contribution in [2.45, 2.75) is 188 Å². The van der Waals surface area contributed by atoms with Gasteiger partial charge in [0.1, 0.15) is 0 Å². The van der Waals surface area contributed by atoms with Crippen LogP contribution in [-0.4, -0.2) is 13.2 Å². The minimum absolute atomic E-state index is 0.873. The average molecular weight is 467 g/mol. The van der Waals surface area contributed by atoms with E-state index in [1.807, 2.05) is 0 Å². The summed E-state index contributed by atoms with van der Waals surface area (Å²) >= 11 is 0. The van der Waals surface area contributed by atoms with Crippen molar-refractivity contribution in [2.75, 3.05) is 13.2 Å². The Morgan fingerprint density at radius 2 is 0.636 bits per heavy atom. The molecule has 0 saturated carbocycles. The zero-order valence-corrected chi connectivity index (χ0v) is 23.8. The number of hydrogen-bond acceptors (Lipinski definition) is 1. The van der Waals surface area contributed by atoms with E-state index in [0.29, 0.717) is 0 Å². The summed E-state index contributed by atoms with van der Waals surface area (Å²) in [5, 5.41) is 0. The Bertz CT molecular complexity index is 324. The van der Waals surface area contributed by atoms with Crippen LogP contribution < -0.4 is 0 Å². The molecule has 0 saturated heterocycles. The molecule has 200 valence electrons. The monoisotopic (exact) mass is 467 g/mol. The maximum atomic E-state index is 5.82. The van der Waals surface area contributed by atoms with E-state index in [1.165, 1.54) is 167 Å². The fourth-order valence-corrected chi connectivity index (χ4v) is 4.85. The molecule has 0 spiro atoms. The predicted molar refractivity (Wildman–Crippen MR) is 151 cm³/mol. The maximum Gasteiger partial charge on any atom is 0.0466 e. The van der Waals surface area contributed by atoms with Gasteiger partial charge in [0, 0.05) is 13.2 Å². The van der Waals surface area contributed by atoms with Gasteiger partial charge in [0.05, 0.1) is 0 Å². The van der Waals surface area contributed by atoms with Crippen LogP contribution in [0.2, 0.25) is 0 Å². The highest BCUT2D eigenvalue weighted by Crippen LogP contribution is 2.15. The zero-order chi connectivity index (χ0) is 24.1. The van der Waals surface area contributed by atoms with Gasteiger partial charge in [0.15, 0.2) is 0 Å². The molecule has 0 radical (unpaired) electrons. The Labute approximate surface area is 211 Å². The normalized spacial score (nSPS) is 11.6. The Morgan fingerprint density at radius 3 is 0.939 bits per heavy atom. The summed E-state index contributed by atoms with van der Waals surface area (Å²) in [5.74, 6) is 0.873.